The van der Waals surface area contributed by atoms with Gasteiger partial charge in [-0.25, -0.2) is 0 Å². The fourth-order valence-corrected chi connectivity index (χ4v) is 3.78. The van der Waals surface area contributed by atoms with Crippen molar-refractivity contribution in [3.63, 3.8) is 0 Å². The minimum Gasteiger partial charge on any atom is -0.492 e. The van der Waals surface area contributed by atoms with Gasteiger partial charge < -0.3 is 9.64 Å². The van der Waals surface area contributed by atoms with Crippen molar-refractivity contribution >= 4 is 17.2 Å². The Labute approximate surface area is 154 Å². The molecule has 1 fully saturated rings. The van der Waals surface area contributed by atoms with Gasteiger partial charge in [0.05, 0.1) is 0 Å². The molecule has 0 spiro atoms. The number of nitrogens with zero attached hydrogens (tertiary/aromatic N) is 2. The van der Waals surface area contributed by atoms with Crippen LogP contribution in [0.5, 0.6) is 5.75 Å². The molecule has 0 unspecified atom stereocenters. The van der Waals surface area contributed by atoms with Crippen molar-refractivity contribution in [2.24, 2.45) is 0 Å². The fraction of sp³-hybridized carbons (Fsp3) is 0.450. The third-order valence-electron chi connectivity index (χ3n) is 4.65. The van der Waals surface area contributed by atoms with Crippen molar-refractivity contribution in [2.45, 2.75) is 19.8 Å². The third-order valence-corrected chi connectivity index (χ3v) is 5.59. The van der Waals surface area contributed by atoms with Crippen molar-refractivity contribution in [2.75, 3.05) is 39.3 Å². The molecule has 1 aliphatic rings. The van der Waals surface area contributed by atoms with Crippen LogP contribution >= 0.6 is 11.3 Å². The zero-order valence-corrected chi connectivity index (χ0v) is 15.6. The average molecular weight is 359 g/mol. The van der Waals surface area contributed by atoms with Gasteiger partial charge in [0.15, 0.2) is 0 Å². The largest absolute Gasteiger partial charge is 0.492 e. The van der Waals surface area contributed by atoms with Crippen LogP contribution in [0, 0.1) is 6.92 Å². The van der Waals surface area contributed by atoms with Crippen molar-refractivity contribution in [3.05, 3.63) is 52.2 Å². The molecule has 134 valence electrons. The quantitative estimate of drug-likeness (QED) is 0.762. The lowest BCUT2D eigenvalue weighted by molar-refractivity contribution is -0.132. The lowest BCUT2D eigenvalue weighted by Gasteiger charge is -2.34. The van der Waals surface area contributed by atoms with E-state index in [1.807, 2.05) is 29.2 Å². The number of carbonyl (C=O) groups excluding carboxylic acids is 1. The number of aryl methyl sites for hydroxylation is 2. The Morgan fingerprint density at radius 2 is 1.92 bits per heavy atom. The molecule has 5 heteroatoms. The molecule has 3 rings (SSSR count). The summed E-state index contributed by atoms with van der Waals surface area (Å²) in [7, 11) is 0. The second-order valence-corrected chi connectivity index (χ2v) is 7.45. The van der Waals surface area contributed by atoms with E-state index in [1.54, 1.807) is 11.3 Å². The summed E-state index contributed by atoms with van der Waals surface area (Å²) in [6.07, 6.45) is 1.48. The molecular weight excluding hydrogens is 332 g/mol. The van der Waals surface area contributed by atoms with E-state index in [1.165, 1.54) is 10.4 Å². The van der Waals surface area contributed by atoms with E-state index in [-0.39, 0.29) is 5.91 Å². The van der Waals surface area contributed by atoms with Gasteiger partial charge in [-0.05, 0) is 36.4 Å². The minimum atomic E-state index is 0.282. The summed E-state index contributed by atoms with van der Waals surface area (Å²) in [5.74, 6) is 1.24. The van der Waals surface area contributed by atoms with Crippen LogP contribution in [0.4, 0.5) is 0 Å². The number of ether oxygens (including phenoxy) is 1. The van der Waals surface area contributed by atoms with E-state index in [0.717, 1.165) is 44.9 Å². The summed E-state index contributed by atoms with van der Waals surface area (Å²) in [4.78, 5) is 18.0. The van der Waals surface area contributed by atoms with Crippen LogP contribution in [0.15, 0.2) is 41.8 Å². The van der Waals surface area contributed by atoms with Gasteiger partial charge in [0.1, 0.15) is 12.4 Å². The molecule has 4 nitrogen and oxygen atoms in total. The van der Waals surface area contributed by atoms with Gasteiger partial charge in [0.2, 0.25) is 5.91 Å². The monoisotopic (exact) mass is 358 g/mol. The normalized spacial score (nSPS) is 15.3. The predicted octanol–water partition coefficient (Wildman–Crippen LogP) is 3.21. The predicted molar refractivity (Wildman–Crippen MR) is 102 cm³/mol. The number of piperazine rings is 1. The van der Waals surface area contributed by atoms with Crippen LogP contribution in [-0.2, 0) is 11.2 Å². The van der Waals surface area contributed by atoms with Crippen molar-refractivity contribution in [1.29, 1.82) is 0 Å². The Morgan fingerprint density at radius 3 is 2.64 bits per heavy atom. The summed E-state index contributed by atoms with van der Waals surface area (Å²) >= 11 is 1.73. The molecule has 0 radical (unpaired) electrons. The zero-order valence-electron chi connectivity index (χ0n) is 14.8. The number of rotatable bonds is 7. The lowest BCUT2D eigenvalue weighted by Crippen LogP contribution is -2.49. The van der Waals surface area contributed by atoms with Gasteiger partial charge in [-0.15, -0.1) is 11.3 Å². The topological polar surface area (TPSA) is 32.8 Å². The van der Waals surface area contributed by atoms with Crippen molar-refractivity contribution in [3.8, 4) is 5.75 Å². The fourth-order valence-electron chi connectivity index (χ4n) is 3.07. The highest BCUT2D eigenvalue weighted by Gasteiger charge is 2.20. The van der Waals surface area contributed by atoms with Crippen LogP contribution < -0.4 is 4.74 Å². The number of hydrogen-bond acceptors (Lipinski definition) is 4. The van der Waals surface area contributed by atoms with E-state index in [4.69, 9.17) is 4.74 Å². The molecule has 0 atom stereocenters. The Bertz CT molecular complexity index is 664. The van der Waals surface area contributed by atoms with Gasteiger partial charge >= 0.3 is 0 Å². The highest BCUT2D eigenvalue weighted by molar-refractivity contribution is 7.09. The molecule has 2 aromatic rings. The summed E-state index contributed by atoms with van der Waals surface area (Å²) in [6, 6.07) is 12.3. The molecular formula is C20H26N2O2S. The summed E-state index contributed by atoms with van der Waals surface area (Å²) in [6.45, 7) is 7.18. The van der Waals surface area contributed by atoms with E-state index in [2.05, 4.69) is 29.3 Å². The van der Waals surface area contributed by atoms with Crippen LogP contribution in [0.1, 0.15) is 16.9 Å². The number of carbonyl (C=O) groups is 1. The Hall–Kier alpha value is -1.85. The third kappa shape index (κ3) is 5.31. The lowest BCUT2D eigenvalue weighted by atomic mass is 10.2. The van der Waals surface area contributed by atoms with E-state index in [0.29, 0.717) is 13.0 Å². The maximum absolute atomic E-state index is 12.3. The highest BCUT2D eigenvalue weighted by Crippen LogP contribution is 2.16. The first-order chi connectivity index (χ1) is 12.2. The Balaban J connectivity index is 1.34. The first-order valence-electron chi connectivity index (χ1n) is 8.93. The van der Waals surface area contributed by atoms with Crippen LogP contribution in [0.2, 0.25) is 0 Å². The van der Waals surface area contributed by atoms with Crippen molar-refractivity contribution < 1.29 is 9.53 Å². The number of thiophene rings is 1. The van der Waals surface area contributed by atoms with Gasteiger partial charge in [-0.3, -0.25) is 9.69 Å². The SMILES string of the molecule is Cc1ccccc1OCCN1CCN(C(=O)CCc2cccs2)CC1. The molecule has 0 N–H and O–H groups in total. The van der Waals surface area contributed by atoms with Crippen LogP contribution in [-0.4, -0.2) is 55.0 Å². The molecule has 0 bridgehead atoms. The van der Waals surface area contributed by atoms with Gasteiger partial charge in [0, 0.05) is 44.0 Å². The molecule has 2 heterocycles. The molecule has 0 aliphatic carbocycles. The Morgan fingerprint density at radius 1 is 1.12 bits per heavy atom. The first kappa shape index (κ1) is 18.0. The van der Waals surface area contributed by atoms with Gasteiger partial charge in [0.25, 0.3) is 0 Å². The Kier molecular flexibility index (Phi) is 6.48. The summed E-state index contributed by atoms with van der Waals surface area (Å²) in [5, 5.41) is 2.07. The second-order valence-electron chi connectivity index (χ2n) is 6.42. The molecule has 1 aliphatic heterocycles. The summed E-state index contributed by atoms with van der Waals surface area (Å²) < 4.78 is 5.87. The maximum Gasteiger partial charge on any atom is 0.223 e. The van der Waals surface area contributed by atoms with Crippen molar-refractivity contribution in [1.82, 2.24) is 9.80 Å². The smallest absolute Gasteiger partial charge is 0.223 e. The van der Waals surface area contributed by atoms with E-state index >= 15 is 0 Å². The molecule has 0 saturated carbocycles. The minimum absolute atomic E-state index is 0.282. The second kappa shape index (κ2) is 9.02. The molecule has 25 heavy (non-hydrogen) atoms. The average Bonchev–Trinajstić information content (AvgIpc) is 3.15. The first-order valence-corrected chi connectivity index (χ1v) is 9.81. The number of amides is 1. The maximum atomic E-state index is 12.3. The van der Waals surface area contributed by atoms with Gasteiger partial charge in [-0.2, -0.15) is 0 Å². The summed E-state index contributed by atoms with van der Waals surface area (Å²) in [5.41, 5.74) is 1.17. The zero-order chi connectivity index (χ0) is 17.5. The number of benzene rings is 1. The molecule has 1 aromatic carbocycles. The highest BCUT2D eigenvalue weighted by atomic mass is 32.1. The van der Waals surface area contributed by atoms with Crippen LogP contribution in [0.3, 0.4) is 0 Å². The van der Waals surface area contributed by atoms with E-state index < -0.39 is 0 Å². The molecule has 1 aromatic heterocycles. The van der Waals surface area contributed by atoms with Crippen LogP contribution in [0.25, 0.3) is 0 Å². The standard InChI is InChI=1S/C20H26N2O2S/c1-17-5-2-3-7-19(17)24-15-14-21-10-12-22(13-11-21)20(23)9-8-18-6-4-16-25-18/h2-7,16H,8-15H2,1H3. The number of hydrogen-bond donors (Lipinski definition) is 0. The molecule has 1 saturated heterocycles. The van der Waals surface area contributed by atoms with E-state index in [9.17, 15) is 4.79 Å². The molecule has 1 amide bonds. The number of para-hydroxylation sites is 1. The van der Waals surface area contributed by atoms with Gasteiger partial charge in [-0.1, -0.05) is 24.3 Å².